The van der Waals surface area contributed by atoms with Crippen LogP contribution < -0.4 is 10.0 Å². The number of rotatable bonds is 4. The Balaban J connectivity index is 3.59. The molecular weight excluding hydrogens is 303 g/mol. The van der Waals surface area contributed by atoms with Gasteiger partial charge in [-0.15, -0.1) is 0 Å². The normalized spacial score (nSPS) is 11.4. The molecule has 0 heterocycles. The summed E-state index contributed by atoms with van der Waals surface area (Å²) < 4.78 is 37.5. The van der Waals surface area contributed by atoms with E-state index in [1.807, 2.05) is 0 Å². The third kappa shape index (κ3) is 3.51. The summed E-state index contributed by atoms with van der Waals surface area (Å²) in [5, 5.41) is 0. The van der Waals surface area contributed by atoms with E-state index in [1.54, 1.807) is 13.8 Å². The van der Waals surface area contributed by atoms with Crippen LogP contribution in [0.5, 0.6) is 0 Å². The minimum atomic E-state index is -3.90. The van der Waals surface area contributed by atoms with Gasteiger partial charge < -0.3 is 5.73 Å². The lowest BCUT2D eigenvalue weighted by Gasteiger charge is -2.24. The van der Waals surface area contributed by atoms with Crippen molar-refractivity contribution >= 4 is 38.8 Å². The number of halogens is 1. The second-order valence-corrected chi connectivity index (χ2v) is 6.74. The maximum absolute atomic E-state index is 13.2. The molecule has 0 atom stereocenters. The van der Waals surface area contributed by atoms with Crippen LogP contribution in [0.25, 0.3) is 0 Å². The predicted octanol–water partition coefficient (Wildman–Crippen LogP) is 1.21. The first kappa shape index (κ1) is 16.5. The van der Waals surface area contributed by atoms with Crippen molar-refractivity contribution < 1.29 is 17.6 Å². The second kappa shape index (κ2) is 5.84. The molecule has 1 aromatic rings. The number of carbonyl (C=O) groups is 1. The van der Waals surface area contributed by atoms with Gasteiger partial charge in [-0.25, -0.2) is 17.1 Å². The van der Waals surface area contributed by atoms with Gasteiger partial charge in [0.2, 0.25) is 15.9 Å². The highest BCUT2D eigenvalue weighted by atomic mass is 32.2. The molecule has 5 nitrogen and oxygen atoms in total. The summed E-state index contributed by atoms with van der Waals surface area (Å²) in [4.78, 5) is 11.9. The van der Waals surface area contributed by atoms with Crippen LogP contribution in [0.3, 0.4) is 0 Å². The van der Waals surface area contributed by atoms with Crippen molar-refractivity contribution in [2.24, 2.45) is 11.7 Å². The fraction of sp³-hybridized carbons (Fsp3) is 0.333. The number of carbonyl (C=O) groups excluding carboxylic acids is 1. The summed E-state index contributed by atoms with van der Waals surface area (Å²) in [6.45, 7) is 3.10. The molecule has 2 N–H and O–H groups in total. The van der Waals surface area contributed by atoms with E-state index in [0.29, 0.717) is 4.31 Å². The molecule has 0 saturated carbocycles. The molecule has 1 amide bonds. The van der Waals surface area contributed by atoms with Crippen LogP contribution in [0.15, 0.2) is 12.1 Å². The van der Waals surface area contributed by atoms with Crippen molar-refractivity contribution in [2.45, 2.75) is 13.8 Å². The summed E-state index contributed by atoms with van der Waals surface area (Å²) in [6.07, 6.45) is 0.875. The number of anilines is 1. The topological polar surface area (TPSA) is 80.5 Å². The van der Waals surface area contributed by atoms with Crippen molar-refractivity contribution in [1.82, 2.24) is 0 Å². The standard InChI is InChI=1S/C12H14FN2O3S2/c1-7(2)12(16)15(20(3,17)18)10-5-4-8(13)6-9(10)11(14)19/h5-7H,1-3H3,(H2,14,19). The summed E-state index contributed by atoms with van der Waals surface area (Å²) >= 11 is 4.77. The molecule has 0 saturated heterocycles. The highest BCUT2D eigenvalue weighted by Crippen LogP contribution is 2.25. The number of hydrogen-bond acceptors (Lipinski definition) is 4. The molecule has 0 unspecified atom stereocenters. The number of sulfonamides is 1. The Morgan fingerprint density at radius 2 is 2.05 bits per heavy atom. The zero-order chi connectivity index (χ0) is 15.7. The Bertz CT molecular complexity index is 657. The van der Waals surface area contributed by atoms with E-state index in [1.165, 1.54) is 0 Å². The molecular formula is C12H14FN2O3S2. The van der Waals surface area contributed by atoms with Crippen molar-refractivity contribution in [3.63, 3.8) is 0 Å². The molecule has 0 aliphatic rings. The number of benzene rings is 1. The number of nitrogens with zero attached hydrogens (tertiary/aromatic N) is 1. The summed E-state index contributed by atoms with van der Waals surface area (Å²) in [6, 6.07) is 4.20. The smallest absolute Gasteiger partial charge is 0.243 e. The van der Waals surface area contributed by atoms with Gasteiger partial charge in [-0.1, -0.05) is 26.1 Å². The van der Waals surface area contributed by atoms with Crippen LogP contribution in [0.2, 0.25) is 0 Å². The molecule has 20 heavy (non-hydrogen) atoms. The number of thiocarbonyl (C=S) groups is 1. The lowest BCUT2D eigenvalue weighted by molar-refractivity contribution is -0.120. The SMILES string of the molecule is CC(C)C(=O)N(c1c[c]c(F)cc1C(N)=S)S(C)(=O)=O. The molecule has 8 heteroatoms. The van der Waals surface area contributed by atoms with Crippen LogP contribution in [0.4, 0.5) is 10.1 Å². The van der Waals surface area contributed by atoms with Gasteiger partial charge in [0.1, 0.15) is 10.8 Å². The van der Waals surface area contributed by atoms with E-state index in [9.17, 15) is 17.6 Å². The van der Waals surface area contributed by atoms with Crippen LogP contribution in [0, 0.1) is 17.8 Å². The van der Waals surface area contributed by atoms with Gasteiger partial charge >= 0.3 is 0 Å². The third-order valence-electron chi connectivity index (χ3n) is 2.40. The predicted molar refractivity (Wildman–Crippen MR) is 78.3 cm³/mol. The molecule has 1 rings (SSSR count). The van der Waals surface area contributed by atoms with Crippen LogP contribution in [-0.4, -0.2) is 25.6 Å². The lowest BCUT2D eigenvalue weighted by atomic mass is 10.1. The van der Waals surface area contributed by atoms with Crippen molar-refractivity contribution in [3.8, 4) is 0 Å². The summed E-state index contributed by atoms with van der Waals surface area (Å²) in [5.74, 6) is -1.99. The third-order valence-corrected chi connectivity index (χ3v) is 3.66. The molecule has 0 spiro atoms. The average molecular weight is 317 g/mol. The van der Waals surface area contributed by atoms with E-state index in [2.05, 4.69) is 6.07 Å². The maximum Gasteiger partial charge on any atom is 0.243 e. The van der Waals surface area contributed by atoms with Gasteiger partial charge in [0.15, 0.2) is 0 Å². The molecule has 1 aromatic carbocycles. The van der Waals surface area contributed by atoms with Crippen molar-refractivity contribution in [1.29, 1.82) is 0 Å². The molecule has 0 aromatic heterocycles. The quantitative estimate of drug-likeness (QED) is 0.844. The van der Waals surface area contributed by atoms with E-state index in [0.717, 1.165) is 18.4 Å². The largest absolute Gasteiger partial charge is 0.389 e. The number of amides is 1. The number of nitrogens with two attached hydrogens (primary N) is 1. The molecule has 0 fully saturated rings. The molecule has 1 radical (unpaired) electrons. The van der Waals surface area contributed by atoms with Gasteiger partial charge in [0, 0.05) is 17.5 Å². The average Bonchev–Trinajstić information content (AvgIpc) is 2.28. The minimum absolute atomic E-state index is 0.0318. The highest BCUT2D eigenvalue weighted by molar-refractivity contribution is 7.92. The van der Waals surface area contributed by atoms with Gasteiger partial charge in [-0.2, -0.15) is 0 Å². The molecule has 0 aliphatic heterocycles. The van der Waals surface area contributed by atoms with E-state index >= 15 is 0 Å². The second-order valence-electron chi connectivity index (χ2n) is 4.46. The van der Waals surface area contributed by atoms with Gasteiger partial charge in [-0.3, -0.25) is 4.79 Å². The Labute approximate surface area is 122 Å². The monoisotopic (exact) mass is 317 g/mol. The Morgan fingerprint density at radius 3 is 2.45 bits per heavy atom. The Kier molecular flexibility index (Phi) is 4.82. The zero-order valence-corrected chi connectivity index (χ0v) is 12.8. The van der Waals surface area contributed by atoms with E-state index in [4.69, 9.17) is 18.0 Å². The summed E-state index contributed by atoms with van der Waals surface area (Å²) in [5.41, 5.74) is 5.33. The highest BCUT2D eigenvalue weighted by Gasteiger charge is 2.30. The number of hydrogen-bond donors (Lipinski definition) is 1. The van der Waals surface area contributed by atoms with E-state index < -0.39 is 27.7 Å². The Morgan fingerprint density at radius 1 is 1.50 bits per heavy atom. The molecule has 109 valence electrons. The molecule has 0 bridgehead atoms. The maximum atomic E-state index is 13.2. The van der Waals surface area contributed by atoms with Crippen molar-refractivity contribution in [2.75, 3.05) is 10.6 Å². The fourth-order valence-electron chi connectivity index (χ4n) is 1.52. The lowest BCUT2D eigenvalue weighted by Crippen LogP contribution is -2.40. The van der Waals surface area contributed by atoms with E-state index in [-0.39, 0.29) is 16.2 Å². The van der Waals surface area contributed by atoms with Crippen molar-refractivity contribution in [3.05, 3.63) is 29.6 Å². The first-order valence-corrected chi connectivity index (χ1v) is 7.86. The first-order valence-electron chi connectivity index (χ1n) is 5.61. The van der Waals surface area contributed by atoms with Crippen LogP contribution >= 0.6 is 12.2 Å². The Hall–Kier alpha value is -1.54. The minimum Gasteiger partial charge on any atom is -0.389 e. The zero-order valence-electron chi connectivity index (χ0n) is 11.2. The fourth-order valence-corrected chi connectivity index (χ4v) is 2.73. The van der Waals surface area contributed by atoms with Gasteiger partial charge in [0.05, 0.1) is 11.9 Å². The van der Waals surface area contributed by atoms with Crippen LogP contribution in [-0.2, 0) is 14.8 Å². The van der Waals surface area contributed by atoms with Gasteiger partial charge in [-0.05, 0) is 12.1 Å². The first-order chi connectivity index (χ1) is 9.05. The van der Waals surface area contributed by atoms with Gasteiger partial charge in [0.25, 0.3) is 0 Å². The summed E-state index contributed by atoms with van der Waals surface area (Å²) in [7, 11) is -3.90. The van der Waals surface area contributed by atoms with Crippen LogP contribution in [0.1, 0.15) is 19.4 Å². The molecule has 0 aliphatic carbocycles.